The molecule has 0 amide bonds. The van der Waals surface area contributed by atoms with Crippen molar-refractivity contribution in [2.45, 2.75) is 51.2 Å². The summed E-state index contributed by atoms with van der Waals surface area (Å²) >= 11 is 0. The Morgan fingerprint density at radius 2 is 2.00 bits per heavy atom. The van der Waals surface area contributed by atoms with E-state index in [9.17, 15) is 0 Å². The van der Waals surface area contributed by atoms with Crippen LogP contribution in [0.15, 0.2) is 24.3 Å². The summed E-state index contributed by atoms with van der Waals surface area (Å²) in [5.41, 5.74) is 2.36. The van der Waals surface area contributed by atoms with Crippen molar-refractivity contribution in [2.24, 2.45) is 28.6 Å². The number of hydrogen-bond donors (Lipinski definition) is 0. The predicted molar refractivity (Wildman–Crippen MR) is 81.6 cm³/mol. The van der Waals surface area contributed by atoms with Gasteiger partial charge >= 0.3 is 0 Å². The highest BCUT2D eigenvalue weighted by molar-refractivity contribution is 5.29. The zero-order chi connectivity index (χ0) is 14.3. The highest BCUT2D eigenvalue weighted by atomic mass is 16.7. The maximum Gasteiger partial charge on any atom is 0.175 e. The average Bonchev–Trinajstić information content (AvgIpc) is 3.09. The Morgan fingerprint density at radius 1 is 1.19 bits per heavy atom. The van der Waals surface area contributed by atoms with Crippen LogP contribution in [0, 0.1) is 28.6 Å². The first-order valence-corrected chi connectivity index (χ1v) is 8.70. The van der Waals surface area contributed by atoms with E-state index in [0.717, 1.165) is 31.5 Å². The lowest BCUT2D eigenvalue weighted by Crippen LogP contribution is -2.49. The topological polar surface area (TPSA) is 18.5 Å². The van der Waals surface area contributed by atoms with Crippen molar-refractivity contribution in [2.75, 3.05) is 13.2 Å². The van der Waals surface area contributed by atoms with Gasteiger partial charge in [0.25, 0.3) is 0 Å². The second-order valence-corrected chi connectivity index (χ2v) is 8.50. The molecular formula is C19H26O2. The largest absolute Gasteiger partial charge is 0.347 e. The second-order valence-electron chi connectivity index (χ2n) is 8.50. The average molecular weight is 286 g/mol. The van der Waals surface area contributed by atoms with Crippen molar-refractivity contribution in [3.05, 3.63) is 24.3 Å². The van der Waals surface area contributed by atoms with E-state index in [1.807, 2.05) is 0 Å². The van der Waals surface area contributed by atoms with Crippen molar-refractivity contribution >= 4 is 0 Å². The lowest BCUT2D eigenvalue weighted by atomic mass is 9.59. The van der Waals surface area contributed by atoms with Gasteiger partial charge in [-0.25, -0.2) is 0 Å². The normalized spacial score (nSPS) is 53.2. The number of hydrogen-bond acceptors (Lipinski definition) is 2. The fourth-order valence-corrected chi connectivity index (χ4v) is 6.83. The molecule has 4 aliphatic carbocycles. The Hall–Kier alpha value is -0.600. The molecule has 1 heterocycles. The van der Waals surface area contributed by atoms with Crippen LogP contribution in [0.25, 0.3) is 0 Å². The van der Waals surface area contributed by atoms with Crippen LogP contribution in [0.1, 0.15) is 45.4 Å². The van der Waals surface area contributed by atoms with Crippen molar-refractivity contribution in [3.63, 3.8) is 0 Å². The number of rotatable bonds is 0. The van der Waals surface area contributed by atoms with Gasteiger partial charge in [0.2, 0.25) is 0 Å². The predicted octanol–water partition coefficient (Wildman–Crippen LogP) is 4.08. The van der Waals surface area contributed by atoms with E-state index in [1.165, 1.54) is 37.7 Å². The van der Waals surface area contributed by atoms with Crippen LogP contribution in [0.5, 0.6) is 0 Å². The molecule has 21 heavy (non-hydrogen) atoms. The first kappa shape index (κ1) is 12.9. The molecule has 4 fully saturated rings. The first-order chi connectivity index (χ1) is 10.1. The lowest BCUT2D eigenvalue weighted by molar-refractivity contribution is -0.227. The first-order valence-electron chi connectivity index (χ1n) is 8.70. The Labute approximate surface area is 127 Å². The van der Waals surface area contributed by atoms with Gasteiger partial charge in [-0.2, -0.15) is 0 Å². The van der Waals surface area contributed by atoms with Gasteiger partial charge in [0.05, 0.1) is 13.2 Å². The summed E-state index contributed by atoms with van der Waals surface area (Å²) in [6, 6.07) is 0. The number of allylic oxidation sites excluding steroid dienone is 2. The van der Waals surface area contributed by atoms with Gasteiger partial charge in [-0.05, 0) is 54.8 Å². The van der Waals surface area contributed by atoms with Crippen molar-refractivity contribution < 1.29 is 9.47 Å². The van der Waals surface area contributed by atoms with E-state index in [2.05, 4.69) is 25.7 Å². The number of ether oxygens (including phenoxy) is 2. The minimum Gasteiger partial charge on any atom is -0.347 e. The van der Waals surface area contributed by atoms with Crippen LogP contribution < -0.4 is 0 Å². The summed E-state index contributed by atoms with van der Waals surface area (Å²) in [7, 11) is 0. The summed E-state index contributed by atoms with van der Waals surface area (Å²) in [6.07, 6.45) is 12.5. The van der Waals surface area contributed by atoms with Crippen molar-refractivity contribution in [1.82, 2.24) is 0 Å². The third-order valence-electron chi connectivity index (χ3n) is 7.71. The van der Waals surface area contributed by atoms with E-state index in [4.69, 9.17) is 9.47 Å². The molecule has 0 unspecified atom stereocenters. The molecule has 0 N–H and O–H groups in total. The molecule has 0 aromatic carbocycles. The highest BCUT2D eigenvalue weighted by Gasteiger charge is 2.69. The molecule has 0 radical (unpaired) electrons. The van der Waals surface area contributed by atoms with Gasteiger partial charge in [-0.1, -0.05) is 31.2 Å². The summed E-state index contributed by atoms with van der Waals surface area (Å²) < 4.78 is 12.4. The van der Waals surface area contributed by atoms with Gasteiger partial charge < -0.3 is 9.47 Å². The van der Waals surface area contributed by atoms with E-state index >= 15 is 0 Å². The van der Waals surface area contributed by atoms with Crippen molar-refractivity contribution in [3.8, 4) is 0 Å². The Bertz CT molecular complexity index is 530. The molecule has 2 spiro atoms. The fourth-order valence-electron chi connectivity index (χ4n) is 6.83. The highest BCUT2D eigenvalue weighted by Crippen LogP contribution is 2.74. The Morgan fingerprint density at radius 3 is 2.81 bits per heavy atom. The third kappa shape index (κ3) is 1.42. The molecule has 5 rings (SSSR count). The molecule has 1 saturated heterocycles. The molecular weight excluding hydrogens is 260 g/mol. The van der Waals surface area contributed by atoms with E-state index in [-0.39, 0.29) is 5.79 Å². The standard InChI is InChI=1S/C19H26O2/c1-13-9-18-10-14-5-3-4-6-17(14,2)16(18)12-19(15(13)11-18)20-7-8-21-19/h3,5,14-16H,1,4,6-12H2,2H3/t14-,15+,16-,17+,18-/m0/s1. The second kappa shape index (κ2) is 3.83. The third-order valence-corrected chi connectivity index (χ3v) is 7.71. The lowest BCUT2D eigenvalue weighted by Gasteiger charge is -2.49. The summed E-state index contributed by atoms with van der Waals surface area (Å²) in [4.78, 5) is 0. The maximum absolute atomic E-state index is 6.21. The van der Waals surface area contributed by atoms with Gasteiger partial charge in [-0.15, -0.1) is 0 Å². The SMILES string of the molecule is C=C1C[C@]23C[C@H]1C1(C[C@H]2[C@]2(C)CCC=C[C@H]2C3)OCCO1. The zero-order valence-electron chi connectivity index (χ0n) is 13.1. The van der Waals surface area contributed by atoms with Crippen molar-refractivity contribution in [1.29, 1.82) is 0 Å². The minimum atomic E-state index is -0.319. The molecule has 0 aromatic rings. The van der Waals surface area contributed by atoms with Gasteiger partial charge in [0, 0.05) is 12.3 Å². The Balaban J connectivity index is 1.62. The van der Waals surface area contributed by atoms with Crippen LogP contribution in [0.2, 0.25) is 0 Å². The van der Waals surface area contributed by atoms with Crippen LogP contribution in [-0.2, 0) is 9.47 Å². The van der Waals surface area contributed by atoms with E-state index in [0.29, 0.717) is 16.7 Å². The van der Waals surface area contributed by atoms with Gasteiger partial charge in [0.1, 0.15) is 0 Å². The van der Waals surface area contributed by atoms with Gasteiger partial charge in [0.15, 0.2) is 5.79 Å². The van der Waals surface area contributed by atoms with E-state index < -0.39 is 0 Å². The summed E-state index contributed by atoms with van der Waals surface area (Å²) in [6.45, 7) is 8.51. The van der Waals surface area contributed by atoms with Crippen LogP contribution in [0.3, 0.4) is 0 Å². The monoisotopic (exact) mass is 286 g/mol. The minimum absolute atomic E-state index is 0.319. The molecule has 1 aliphatic heterocycles. The summed E-state index contributed by atoms with van der Waals surface area (Å²) in [5, 5.41) is 0. The van der Waals surface area contributed by atoms with Gasteiger partial charge in [-0.3, -0.25) is 0 Å². The molecule has 5 atom stereocenters. The van der Waals surface area contributed by atoms with Crippen LogP contribution in [0.4, 0.5) is 0 Å². The molecule has 0 aromatic heterocycles. The molecule has 114 valence electrons. The summed E-state index contributed by atoms with van der Waals surface area (Å²) in [5.74, 6) is 1.64. The quantitative estimate of drug-likeness (QED) is 0.625. The molecule has 2 bridgehead atoms. The molecule has 5 aliphatic rings. The van der Waals surface area contributed by atoms with E-state index in [1.54, 1.807) is 0 Å². The molecule has 2 nitrogen and oxygen atoms in total. The van der Waals surface area contributed by atoms with Crippen LogP contribution >= 0.6 is 0 Å². The maximum atomic E-state index is 6.21. The molecule has 3 saturated carbocycles. The molecule has 2 heteroatoms. The Kier molecular flexibility index (Phi) is 2.35. The zero-order valence-corrected chi connectivity index (χ0v) is 13.1. The fraction of sp³-hybridized carbons (Fsp3) is 0.789. The number of fused-ring (bicyclic) bond motifs is 4. The smallest absolute Gasteiger partial charge is 0.175 e. The van der Waals surface area contributed by atoms with Crippen LogP contribution in [-0.4, -0.2) is 19.0 Å².